The number of aromatic nitrogens is 4. The van der Waals surface area contributed by atoms with Crippen molar-refractivity contribution in [1.82, 2.24) is 20.2 Å². The average molecular weight is 328 g/mol. The molecule has 0 spiro atoms. The summed E-state index contributed by atoms with van der Waals surface area (Å²) in [6.45, 7) is 6.21. The fraction of sp³-hybridized carbons (Fsp3) is 0.500. The molecule has 0 saturated carbocycles. The summed E-state index contributed by atoms with van der Waals surface area (Å²) in [5, 5.41) is 12.4. The van der Waals surface area contributed by atoms with Crippen molar-refractivity contribution >= 4 is 40.7 Å². The number of hydrogen-bond acceptors (Lipinski definition) is 8. The first-order valence-corrected chi connectivity index (χ1v) is 9.02. The molecule has 2 aromatic heterocycles. The van der Waals surface area contributed by atoms with Gasteiger partial charge in [0.15, 0.2) is 8.68 Å². The SMILES string of the molecule is CNc1nc(C(C)C)nc(Sc2nnc(SC)s2)c1C. The summed E-state index contributed by atoms with van der Waals surface area (Å²) in [5.74, 6) is 2.01. The van der Waals surface area contributed by atoms with Crippen molar-refractivity contribution in [1.29, 1.82) is 0 Å². The highest BCUT2D eigenvalue weighted by Crippen LogP contribution is 2.35. The topological polar surface area (TPSA) is 63.6 Å². The van der Waals surface area contributed by atoms with Gasteiger partial charge in [0.05, 0.1) is 0 Å². The van der Waals surface area contributed by atoms with Gasteiger partial charge in [-0.3, -0.25) is 0 Å². The molecule has 0 aromatic carbocycles. The minimum absolute atomic E-state index is 0.290. The van der Waals surface area contributed by atoms with Gasteiger partial charge in [0.2, 0.25) is 0 Å². The Morgan fingerprint density at radius 3 is 2.40 bits per heavy atom. The second-order valence-electron chi connectivity index (χ2n) is 4.41. The number of anilines is 1. The Kier molecular flexibility index (Phi) is 5.22. The predicted molar refractivity (Wildman–Crippen MR) is 86.2 cm³/mol. The Morgan fingerprint density at radius 2 is 1.85 bits per heavy atom. The van der Waals surface area contributed by atoms with E-state index < -0.39 is 0 Å². The highest BCUT2D eigenvalue weighted by molar-refractivity contribution is 8.03. The zero-order valence-electron chi connectivity index (χ0n) is 12.1. The van der Waals surface area contributed by atoms with Crippen LogP contribution in [-0.2, 0) is 0 Å². The van der Waals surface area contributed by atoms with Crippen LogP contribution in [-0.4, -0.2) is 33.5 Å². The van der Waals surface area contributed by atoms with Crippen LogP contribution in [0.5, 0.6) is 0 Å². The molecule has 0 unspecified atom stereocenters. The molecular weight excluding hydrogens is 310 g/mol. The quantitative estimate of drug-likeness (QED) is 0.664. The number of nitrogens with zero attached hydrogens (tertiary/aromatic N) is 4. The lowest BCUT2D eigenvalue weighted by Gasteiger charge is -2.12. The summed E-state index contributed by atoms with van der Waals surface area (Å²) in [7, 11) is 1.88. The summed E-state index contributed by atoms with van der Waals surface area (Å²) in [6, 6.07) is 0. The molecule has 0 bridgehead atoms. The van der Waals surface area contributed by atoms with E-state index in [-0.39, 0.29) is 0 Å². The van der Waals surface area contributed by atoms with Crippen LogP contribution in [0.15, 0.2) is 13.7 Å². The number of thioether (sulfide) groups is 1. The van der Waals surface area contributed by atoms with E-state index in [1.54, 1.807) is 34.9 Å². The van der Waals surface area contributed by atoms with Crippen LogP contribution in [0.1, 0.15) is 31.2 Å². The summed E-state index contributed by atoms with van der Waals surface area (Å²) in [6.07, 6.45) is 2.00. The molecule has 2 heterocycles. The molecule has 0 atom stereocenters. The molecule has 0 aliphatic carbocycles. The summed E-state index contributed by atoms with van der Waals surface area (Å²) in [4.78, 5) is 9.20. The van der Waals surface area contributed by atoms with Gasteiger partial charge in [-0.2, -0.15) is 0 Å². The Bertz CT molecular complexity index is 597. The Labute approximate surface area is 131 Å². The van der Waals surface area contributed by atoms with Gasteiger partial charge in [-0.1, -0.05) is 36.9 Å². The maximum Gasteiger partial charge on any atom is 0.181 e. The molecular formula is C12H17N5S3. The van der Waals surface area contributed by atoms with Gasteiger partial charge in [0, 0.05) is 18.5 Å². The van der Waals surface area contributed by atoms with E-state index in [2.05, 4.69) is 39.3 Å². The molecule has 8 heteroatoms. The first-order valence-electron chi connectivity index (χ1n) is 6.16. The second-order valence-corrected chi connectivity index (χ2v) is 7.67. The predicted octanol–water partition coefficient (Wildman–Crippen LogP) is 3.67. The average Bonchev–Trinajstić information content (AvgIpc) is 2.88. The summed E-state index contributed by atoms with van der Waals surface area (Å²) in [5.41, 5.74) is 1.04. The molecule has 0 saturated heterocycles. The monoisotopic (exact) mass is 327 g/mol. The van der Waals surface area contributed by atoms with Gasteiger partial charge in [-0.05, 0) is 24.9 Å². The lowest BCUT2D eigenvalue weighted by molar-refractivity contribution is 0.749. The fourth-order valence-electron chi connectivity index (χ4n) is 1.52. The van der Waals surface area contributed by atoms with Crippen molar-refractivity contribution in [3.8, 4) is 0 Å². The van der Waals surface area contributed by atoms with E-state index in [4.69, 9.17) is 0 Å². The molecule has 1 N–H and O–H groups in total. The van der Waals surface area contributed by atoms with Crippen LogP contribution in [0.4, 0.5) is 5.82 Å². The van der Waals surface area contributed by atoms with Crippen molar-refractivity contribution in [3.05, 3.63) is 11.4 Å². The van der Waals surface area contributed by atoms with Crippen LogP contribution >= 0.6 is 34.9 Å². The van der Waals surface area contributed by atoms with Crippen molar-refractivity contribution in [2.45, 2.75) is 40.4 Å². The largest absolute Gasteiger partial charge is 0.373 e. The third kappa shape index (κ3) is 3.42. The van der Waals surface area contributed by atoms with Gasteiger partial charge < -0.3 is 5.32 Å². The zero-order chi connectivity index (χ0) is 14.7. The van der Waals surface area contributed by atoms with Crippen LogP contribution in [0.3, 0.4) is 0 Å². The molecule has 0 aliphatic rings. The number of nitrogens with one attached hydrogen (secondary N) is 1. The van der Waals surface area contributed by atoms with Crippen molar-refractivity contribution in [3.63, 3.8) is 0 Å². The van der Waals surface area contributed by atoms with E-state index in [1.807, 2.05) is 20.2 Å². The minimum atomic E-state index is 0.290. The minimum Gasteiger partial charge on any atom is -0.373 e. The normalized spacial score (nSPS) is 11.1. The van der Waals surface area contributed by atoms with Crippen molar-refractivity contribution < 1.29 is 0 Å². The molecule has 5 nitrogen and oxygen atoms in total. The van der Waals surface area contributed by atoms with Crippen molar-refractivity contribution in [2.75, 3.05) is 18.6 Å². The van der Waals surface area contributed by atoms with Crippen LogP contribution in [0, 0.1) is 6.92 Å². The Morgan fingerprint density at radius 1 is 1.15 bits per heavy atom. The highest BCUT2D eigenvalue weighted by atomic mass is 32.2. The van der Waals surface area contributed by atoms with Gasteiger partial charge in [0.25, 0.3) is 0 Å². The van der Waals surface area contributed by atoms with Gasteiger partial charge in [-0.15, -0.1) is 10.2 Å². The highest BCUT2D eigenvalue weighted by Gasteiger charge is 2.15. The van der Waals surface area contributed by atoms with Crippen LogP contribution in [0.2, 0.25) is 0 Å². The lowest BCUT2D eigenvalue weighted by atomic mass is 10.2. The van der Waals surface area contributed by atoms with Gasteiger partial charge >= 0.3 is 0 Å². The van der Waals surface area contributed by atoms with E-state index in [9.17, 15) is 0 Å². The maximum atomic E-state index is 4.65. The molecule has 0 amide bonds. The Balaban J connectivity index is 2.36. The molecule has 0 aliphatic heterocycles. The molecule has 0 fully saturated rings. The molecule has 20 heavy (non-hydrogen) atoms. The first kappa shape index (κ1) is 15.5. The zero-order valence-corrected chi connectivity index (χ0v) is 14.5. The number of hydrogen-bond donors (Lipinski definition) is 1. The standard InChI is InChI=1S/C12H17N5S3/c1-6(2)8-14-9(13-4)7(3)10(15-8)19-12-17-16-11(18-5)20-12/h6H,1-5H3,(H,13,14,15). The Hall–Kier alpha value is -0.860. The van der Waals surface area contributed by atoms with E-state index in [0.29, 0.717) is 5.92 Å². The van der Waals surface area contributed by atoms with E-state index >= 15 is 0 Å². The lowest BCUT2D eigenvalue weighted by Crippen LogP contribution is -2.06. The summed E-state index contributed by atoms with van der Waals surface area (Å²) >= 11 is 4.75. The number of rotatable bonds is 5. The van der Waals surface area contributed by atoms with Crippen LogP contribution in [0.25, 0.3) is 0 Å². The molecule has 2 rings (SSSR count). The smallest absolute Gasteiger partial charge is 0.181 e. The van der Waals surface area contributed by atoms with Crippen molar-refractivity contribution in [2.24, 2.45) is 0 Å². The molecule has 0 radical (unpaired) electrons. The molecule has 108 valence electrons. The second kappa shape index (κ2) is 6.73. The van der Waals surface area contributed by atoms with Gasteiger partial charge in [0.1, 0.15) is 16.7 Å². The van der Waals surface area contributed by atoms with E-state index in [1.165, 1.54) is 0 Å². The molecule has 2 aromatic rings. The third-order valence-electron chi connectivity index (χ3n) is 2.62. The van der Waals surface area contributed by atoms with Gasteiger partial charge in [-0.25, -0.2) is 9.97 Å². The van der Waals surface area contributed by atoms with Crippen LogP contribution < -0.4 is 5.32 Å². The first-order chi connectivity index (χ1) is 9.55. The van der Waals surface area contributed by atoms with E-state index in [0.717, 1.165) is 30.9 Å². The third-order valence-corrected chi connectivity index (χ3v) is 5.66. The fourth-order valence-corrected chi connectivity index (χ4v) is 3.96. The summed E-state index contributed by atoms with van der Waals surface area (Å²) < 4.78 is 1.88. The maximum absolute atomic E-state index is 4.65.